The number of nitrogens with one attached hydrogen (secondary N) is 1. The summed E-state index contributed by atoms with van der Waals surface area (Å²) < 4.78 is 5.29. The standard InChI is InChI=1S/C13H25NO/c1-4-11(2)12(3)14-8-5-13-6-9-15-10-7-13/h6,11-12,14H,4-5,7-10H2,1-3H3. The van der Waals surface area contributed by atoms with Gasteiger partial charge in [0.15, 0.2) is 0 Å². The molecule has 1 heterocycles. The molecule has 0 aromatic rings. The van der Waals surface area contributed by atoms with Gasteiger partial charge in [-0.2, -0.15) is 0 Å². The van der Waals surface area contributed by atoms with Crippen molar-refractivity contribution in [3.05, 3.63) is 11.6 Å². The monoisotopic (exact) mass is 211 g/mol. The zero-order chi connectivity index (χ0) is 11.1. The second-order valence-electron chi connectivity index (χ2n) is 4.57. The van der Waals surface area contributed by atoms with Crippen LogP contribution >= 0.6 is 0 Å². The van der Waals surface area contributed by atoms with Gasteiger partial charge in [-0.25, -0.2) is 0 Å². The molecule has 15 heavy (non-hydrogen) atoms. The molecule has 2 nitrogen and oxygen atoms in total. The maximum Gasteiger partial charge on any atom is 0.0650 e. The van der Waals surface area contributed by atoms with E-state index in [4.69, 9.17) is 4.74 Å². The Labute approximate surface area is 94.1 Å². The lowest BCUT2D eigenvalue weighted by Crippen LogP contribution is -2.32. The largest absolute Gasteiger partial charge is 0.377 e. The highest BCUT2D eigenvalue weighted by molar-refractivity contribution is 5.04. The fraction of sp³-hybridized carbons (Fsp3) is 0.846. The summed E-state index contributed by atoms with van der Waals surface area (Å²) in [5.41, 5.74) is 1.56. The summed E-state index contributed by atoms with van der Waals surface area (Å²) in [4.78, 5) is 0. The van der Waals surface area contributed by atoms with Crippen LogP contribution in [0.4, 0.5) is 0 Å². The Hall–Kier alpha value is -0.340. The smallest absolute Gasteiger partial charge is 0.0650 e. The Morgan fingerprint density at radius 3 is 2.87 bits per heavy atom. The molecule has 88 valence electrons. The second kappa shape index (κ2) is 7.02. The molecule has 2 atom stereocenters. The molecule has 1 aliphatic heterocycles. The van der Waals surface area contributed by atoms with Crippen LogP contribution in [-0.2, 0) is 4.74 Å². The molecular formula is C13H25NO. The maximum atomic E-state index is 5.29. The van der Waals surface area contributed by atoms with Crippen LogP contribution in [0, 0.1) is 5.92 Å². The summed E-state index contributed by atoms with van der Waals surface area (Å²) >= 11 is 0. The molecule has 0 aromatic heterocycles. The molecule has 0 fully saturated rings. The average molecular weight is 211 g/mol. The van der Waals surface area contributed by atoms with E-state index in [2.05, 4.69) is 32.2 Å². The number of hydrogen-bond acceptors (Lipinski definition) is 2. The van der Waals surface area contributed by atoms with Crippen LogP contribution in [0.15, 0.2) is 11.6 Å². The zero-order valence-electron chi connectivity index (χ0n) is 10.4. The Kier molecular flexibility index (Phi) is 5.96. The van der Waals surface area contributed by atoms with Gasteiger partial charge in [0.05, 0.1) is 13.2 Å². The van der Waals surface area contributed by atoms with Crippen molar-refractivity contribution < 1.29 is 4.74 Å². The predicted molar refractivity (Wildman–Crippen MR) is 65.1 cm³/mol. The topological polar surface area (TPSA) is 21.3 Å². The quantitative estimate of drug-likeness (QED) is 0.682. The molecule has 0 radical (unpaired) electrons. The molecule has 0 saturated carbocycles. The van der Waals surface area contributed by atoms with Crippen molar-refractivity contribution in [2.75, 3.05) is 19.8 Å². The van der Waals surface area contributed by atoms with E-state index in [0.29, 0.717) is 6.04 Å². The molecular weight excluding hydrogens is 186 g/mol. The van der Waals surface area contributed by atoms with Crippen LogP contribution in [0.2, 0.25) is 0 Å². The molecule has 0 spiro atoms. The summed E-state index contributed by atoms with van der Waals surface area (Å²) in [5.74, 6) is 0.772. The van der Waals surface area contributed by atoms with E-state index in [0.717, 1.165) is 32.1 Å². The molecule has 0 aromatic carbocycles. The average Bonchev–Trinajstić information content (AvgIpc) is 2.29. The Balaban J connectivity index is 2.12. The normalized spacial score (nSPS) is 20.9. The lowest BCUT2D eigenvalue weighted by molar-refractivity contribution is 0.153. The van der Waals surface area contributed by atoms with E-state index < -0.39 is 0 Å². The Bertz CT molecular complexity index is 201. The molecule has 1 aliphatic rings. The third-order valence-electron chi connectivity index (χ3n) is 3.47. The Morgan fingerprint density at radius 1 is 1.47 bits per heavy atom. The number of ether oxygens (including phenoxy) is 1. The highest BCUT2D eigenvalue weighted by Gasteiger charge is 2.09. The van der Waals surface area contributed by atoms with Crippen molar-refractivity contribution in [1.29, 1.82) is 0 Å². The predicted octanol–water partition coefficient (Wildman–Crippen LogP) is 2.75. The van der Waals surface area contributed by atoms with Crippen molar-refractivity contribution in [3.63, 3.8) is 0 Å². The first-order valence-electron chi connectivity index (χ1n) is 6.23. The van der Waals surface area contributed by atoms with Gasteiger partial charge in [-0.1, -0.05) is 31.9 Å². The van der Waals surface area contributed by atoms with E-state index in [1.165, 1.54) is 12.8 Å². The lowest BCUT2D eigenvalue weighted by Gasteiger charge is -2.21. The lowest BCUT2D eigenvalue weighted by atomic mass is 10.0. The van der Waals surface area contributed by atoms with E-state index in [9.17, 15) is 0 Å². The molecule has 0 bridgehead atoms. The summed E-state index contributed by atoms with van der Waals surface area (Å²) in [6.07, 6.45) is 5.80. The minimum absolute atomic E-state index is 0.635. The third kappa shape index (κ3) is 4.80. The van der Waals surface area contributed by atoms with Crippen LogP contribution in [0.3, 0.4) is 0 Å². The molecule has 0 saturated heterocycles. The molecule has 1 rings (SSSR count). The first kappa shape index (κ1) is 12.7. The van der Waals surface area contributed by atoms with Gasteiger partial charge in [-0.3, -0.25) is 0 Å². The minimum atomic E-state index is 0.635. The summed E-state index contributed by atoms with van der Waals surface area (Å²) in [7, 11) is 0. The molecule has 2 unspecified atom stereocenters. The van der Waals surface area contributed by atoms with Gasteiger partial charge < -0.3 is 10.1 Å². The summed E-state index contributed by atoms with van der Waals surface area (Å²) in [5, 5.41) is 3.60. The van der Waals surface area contributed by atoms with Gasteiger partial charge in [-0.15, -0.1) is 0 Å². The highest BCUT2D eigenvalue weighted by atomic mass is 16.5. The summed E-state index contributed by atoms with van der Waals surface area (Å²) in [6, 6.07) is 0.635. The van der Waals surface area contributed by atoms with Gasteiger partial charge in [0, 0.05) is 6.04 Å². The first-order chi connectivity index (χ1) is 7.24. The number of hydrogen-bond donors (Lipinski definition) is 1. The minimum Gasteiger partial charge on any atom is -0.377 e. The van der Waals surface area contributed by atoms with E-state index >= 15 is 0 Å². The second-order valence-corrected chi connectivity index (χ2v) is 4.57. The van der Waals surface area contributed by atoms with Crippen molar-refractivity contribution in [3.8, 4) is 0 Å². The SMILES string of the molecule is CCC(C)C(C)NCCC1=CCOCC1. The van der Waals surface area contributed by atoms with Crippen LogP contribution < -0.4 is 5.32 Å². The molecule has 1 N–H and O–H groups in total. The Morgan fingerprint density at radius 2 is 2.27 bits per heavy atom. The zero-order valence-corrected chi connectivity index (χ0v) is 10.4. The molecule has 2 heteroatoms. The molecule has 0 amide bonds. The first-order valence-corrected chi connectivity index (χ1v) is 6.23. The van der Waals surface area contributed by atoms with E-state index in [1.54, 1.807) is 5.57 Å². The van der Waals surface area contributed by atoms with Crippen molar-refractivity contribution >= 4 is 0 Å². The van der Waals surface area contributed by atoms with Gasteiger partial charge in [0.25, 0.3) is 0 Å². The van der Waals surface area contributed by atoms with Gasteiger partial charge >= 0.3 is 0 Å². The van der Waals surface area contributed by atoms with Crippen molar-refractivity contribution in [1.82, 2.24) is 5.32 Å². The van der Waals surface area contributed by atoms with Crippen molar-refractivity contribution in [2.24, 2.45) is 5.92 Å². The molecule has 0 aliphatic carbocycles. The fourth-order valence-electron chi connectivity index (χ4n) is 1.81. The summed E-state index contributed by atoms with van der Waals surface area (Å²) in [6.45, 7) is 9.68. The van der Waals surface area contributed by atoms with Crippen molar-refractivity contribution in [2.45, 2.75) is 46.1 Å². The van der Waals surface area contributed by atoms with Crippen LogP contribution in [0.5, 0.6) is 0 Å². The van der Waals surface area contributed by atoms with Gasteiger partial charge in [-0.05, 0) is 32.2 Å². The maximum absolute atomic E-state index is 5.29. The number of rotatable bonds is 6. The van der Waals surface area contributed by atoms with Crippen LogP contribution in [-0.4, -0.2) is 25.8 Å². The van der Waals surface area contributed by atoms with E-state index in [-0.39, 0.29) is 0 Å². The van der Waals surface area contributed by atoms with Gasteiger partial charge in [0.1, 0.15) is 0 Å². The van der Waals surface area contributed by atoms with Crippen LogP contribution in [0.1, 0.15) is 40.0 Å². The highest BCUT2D eigenvalue weighted by Crippen LogP contribution is 2.12. The van der Waals surface area contributed by atoms with Crippen LogP contribution in [0.25, 0.3) is 0 Å². The van der Waals surface area contributed by atoms with Gasteiger partial charge in [0.2, 0.25) is 0 Å². The van der Waals surface area contributed by atoms with E-state index in [1.807, 2.05) is 0 Å². The fourth-order valence-corrected chi connectivity index (χ4v) is 1.81. The third-order valence-corrected chi connectivity index (χ3v) is 3.47.